The molecule has 0 aliphatic rings. The summed E-state index contributed by atoms with van der Waals surface area (Å²) in [6.45, 7) is 6.00. The molecule has 0 N–H and O–H groups in total. The number of carbonyl (C=O) groups excluding carboxylic acids is 1. The van der Waals surface area contributed by atoms with Gasteiger partial charge in [-0.1, -0.05) is 31.4 Å². The van der Waals surface area contributed by atoms with Crippen LogP contribution < -0.4 is 0 Å². The monoisotopic (exact) mass is 166 g/mol. The zero-order valence-corrected chi connectivity index (χ0v) is 8.26. The largest absolute Gasteiger partial charge is 0.290 e. The molecule has 0 aromatic heterocycles. The third-order valence-electron chi connectivity index (χ3n) is 1.44. The number of allylic oxidation sites excluding steroid dienone is 4. The van der Waals surface area contributed by atoms with Crippen LogP contribution in [-0.4, -0.2) is 5.78 Å². The maximum atomic E-state index is 11.1. The molecule has 0 aliphatic carbocycles. The van der Waals surface area contributed by atoms with Crippen LogP contribution >= 0.6 is 0 Å². The van der Waals surface area contributed by atoms with E-state index in [2.05, 4.69) is 6.92 Å². The first kappa shape index (κ1) is 11.2. The first-order chi connectivity index (χ1) is 5.66. The lowest BCUT2D eigenvalue weighted by molar-refractivity contribution is -0.110. The van der Waals surface area contributed by atoms with Crippen LogP contribution in [0.1, 0.15) is 40.0 Å². The fourth-order valence-electron chi connectivity index (χ4n) is 0.854. The predicted molar refractivity (Wildman–Crippen MR) is 53.1 cm³/mol. The van der Waals surface area contributed by atoms with Gasteiger partial charge in [0.1, 0.15) is 0 Å². The number of ketones is 1. The zero-order chi connectivity index (χ0) is 9.40. The van der Waals surface area contributed by atoms with E-state index in [-0.39, 0.29) is 5.78 Å². The van der Waals surface area contributed by atoms with E-state index < -0.39 is 0 Å². The summed E-state index contributed by atoms with van der Waals surface area (Å²) in [5.74, 6) is 0.103. The van der Waals surface area contributed by atoms with E-state index in [1.165, 1.54) is 12.8 Å². The number of rotatable bonds is 5. The topological polar surface area (TPSA) is 17.1 Å². The summed E-state index contributed by atoms with van der Waals surface area (Å²) in [6.07, 6.45) is 8.62. The molecule has 0 atom stereocenters. The van der Waals surface area contributed by atoms with Gasteiger partial charge in [0.15, 0.2) is 5.78 Å². The molecule has 1 heteroatoms. The van der Waals surface area contributed by atoms with Gasteiger partial charge in [0.25, 0.3) is 0 Å². The molecule has 0 radical (unpaired) electrons. The quantitative estimate of drug-likeness (QED) is 0.452. The number of unbranched alkanes of at least 4 members (excludes halogenated alkanes) is 2. The van der Waals surface area contributed by atoms with E-state index in [9.17, 15) is 4.79 Å². The molecule has 1 nitrogen and oxygen atoms in total. The van der Waals surface area contributed by atoms with Crippen molar-refractivity contribution < 1.29 is 4.79 Å². The molecular formula is C11H18O. The molecule has 0 unspecified atom stereocenters. The highest BCUT2D eigenvalue weighted by Crippen LogP contribution is 1.96. The van der Waals surface area contributed by atoms with E-state index >= 15 is 0 Å². The Bertz CT molecular complexity index is 183. The lowest BCUT2D eigenvalue weighted by atomic mass is 10.2. The average molecular weight is 166 g/mol. The molecular weight excluding hydrogens is 148 g/mol. The van der Waals surface area contributed by atoms with Gasteiger partial charge in [-0.3, -0.25) is 4.79 Å². The molecule has 68 valence electrons. The Kier molecular flexibility index (Phi) is 6.35. The van der Waals surface area contributed by atoms with Crippen LogP contribution in [0.3, 0.4) is 0 Å². The highest BCUT2D eigenvalue weighted by molar-refractivity contribution is 5.99. The van der Waals surface area contributed by atoms with Crippen molar-refractivity contribution >= 4 is 5.78 Å². The number of hydrogen-bond acceptors (Lipinski definition) is 1. The molecule has 0 rings (SSSR count). The second-order valence-corrected chi connectivity index (χ2v) is 3.17. The number of carbonyl (C=O) groups is 1. The molecule has 0 aromatic carbocycles. The zero-order valence-electron chi connectivity index (χ0n) is 8.26. The molecule has 0 fully saturated rings. The van der Waals surface area contributed by atoms with Gasteiger partial charge in [0.05, 0.1) is 0 Å². The molecule has 0 bridgehead atoms. The molecule has 0 saturated heterocycles. The van der Waals surface area contributed by atoms with Crippen LogP contribution in [0, 0.1) is 0 Å². The van der Waals surface area contributed by atoms with E-state index in [0.29, 0.717) is 0 Å². The van der Waals surface area contributed by atoms with Crippen molar-refractivity contribution in [1.82, 2.24) is 0 Å². The second-order valence-electron chi connectivity index (χ2n) is 3.17. The first-order valence-electron chi connectivity index (χ1n) is 4.52. The summed E-state index contributed by atoms with van der Waals surface area (Å²) < 4.78 is 0. The molecule has 0 spiro atoms. The van der Waals surface area contributed by atoms with Crippen LogP contribution in [0.2, 0.25) is 0 Å². The van der Waals surface area contributed by atoms with E-state index in [4.69, 9.17) is 0 Å². The highest BCUT2D eigenvalue weighted by Gasteiger charge is 1.88. The van der Waals surface area contributed by atoms with Crippen molar-refractivity contribution in [2.24, 2.45) is 0 Å². The molecule has 0 heterocycles. The summed E-state index contributed by atoms with van der Waals surface area (Å²) in [4.78, 5) is 11.1. The fraction of sp³-hybridized carbons (Fsp3) is 0.545. The maximum absolute atomic E-state index is 11.1. The molecule has 0 aromatic rings. The van der Waals surface area contributed by atoms with E-state index in [0.717, 1.165) is 12.0 Å². The van der Waals surface area contributed by atoms with Gasteiger partial charge in [0, 0.05) is 0 Å². The summed E-state index contributed by atoms with van der Waals surface area (Å²) in [5, 5.41) is 0. The Labute approximate surface area is 75.2 Å². The number of hydrogen-bond donors (Lipinski definition) is 0. The third kappa shape index (κ3) is 7.26. The minimum absolute atomic E-state index is 0.103. The van der Waals surface area contributed by atoms with Gasteiger partial charge in [-0.2, -0.15) is 0 Å². The Balaban J connectivity index is 3.69. The lowest BCUT2D eigenvalue weighted by Gasteiger charge is -1.88. The fourth-order valence-corrected chi connectivity index (χ4v) is 0.854. The molecule has 0 saturated carbocycles. The molecule has 0 aliphatic heterocycles. The molecule has 0 amide bonds. The summed E-state index contributed by atoms with van der Waals surface area (Å²) in [6, 6.07) is 0. The van der Waals surface area contributed by atoms with E-state index in [1.807, 2.05) is 19.9 Å². The van der Waals surface area contributed by atoms with Gasteiger partial charge in [-0.25, -0.2) is 0 Å². The van der Waals surface area contributed by atoms with E-state index in [1.54, 1.807) is 12.2 Å². The van der Waals surface area contributed by atoms with Crippen molar-refractivity contribution in [2.45, 2.75) is 40.0 Å². The Hall–Kier alpha value is -0.850. The predicted octanol–water partition coefficient (Wildman–Crippen LogP) is 3.27. The van der Waals surface area contributed by atoms with Crippen LogP contribution in [0.25, 0.3) is 0 Å². The SMILES string of the molecule is CCCC/C=C/C(=O)C=C(C)C. The first-order valence-corrected chi connectivity index (χ1v) is 4.52. The Morgan fingerprint density at radius 2 is 2.00 bits per heavy atom. The minimum atomic E-state index is 0.103. The van der Waals surface area contributed by atoms with Gasteiger partial charge in [0.2, 0.25) is 0 Å². The summed E-state index contributed by atoms with van der Waals surface area (Å²) in [7, 11) is 0. The smallest absolute Gasteiger partial charge is 0.178 e. The van der Waals surface area contributed by atoms with Crippen LogP contribution in [0.4, 0.5) is 0 Å². The third-order valence-corrected chi connectivity index (χ3v) is 1.44. The van der Waals surface area contributed by atoms with Gasteiger partial charge < -0.3 is 0 Å². The van der Waals surface area contributed by atoms with Crippen molar-refractivity contribution in [3.63, 3.8) is 0 Å². The Morgan fingerprint density at radius 1 is 1.33 bits per heavy atom. The standard InChI is InChI=1S/C11H18O/c1-4-5-6-7-8-11(12)9-10(2)3/h7-9H,4-6H2,1-3H3/b8-7+. The highest BCUT2D eigenvalue weighted by atomic mass is 16.1. The summed E-state index contributed by atoms with van der Waals surface area (Å²) >= 11 is 0. The summed E-state index contributed by atoms with van der Waals surface area (Å²) in [5.41, 5.74) is 1.06. The Morgan fingerprint density at radius 3 is 2.50 bits per heavy atom. The normalized spacial score (nSPS) is 10.2. The van der Waals surface area contributed by atoms with Crippen LogP contribution in [-0.2, 0) is 4.79 Å². The van der Waals surface area contributed by atoms with Crippen molar-refractivity contribution in [3.8, 4) is 0 Å². The van der Waals surface area contributed by atoms with Crippen molar-refractivity contribution in [2.75, 3.05) is 0 Å². The van der Waals surface area contributed by atoms with Crippen LogP contribution in [0.15, 0.2) is 23.8 Å². The minimum Gasteiger partial charge on any atom is -0.290 e. The van der Waals surface area contributed by atoms with Crippen molar-refractivity contribution in [3.05, 3.63) is 23.8 Å². The molecule has 12 heavy (non-hydrogen) atoms. The van der Waals surface area contributed by atoms with Crippen molar-refractivity contribution in [1.29, 1.82) is 0 Å². The average Bonchev–Trinajstić information content (AvgIpc) is 1.97. The second kappa shape index (κ2) is 6.84. The lowest BCUT2D eigenvalue weighted by Crippen LogP contribution is -1.86. The van der Waals surface area contributed by atoms with Gasteiger partial charge in [-0.05, 0) is 32.4 Å². The van der Waals surface area contributed by atoms with Gasteiger partial charge >= 0.3 is 0 Å². The van der Waals surface area contributed by atoms with Gasteiger partial charge in [-0.15, -0.1) is 0 Å². The maximum Gasteiger partial charge on any atom is 0.178 e. The van der Waals surface area contributed by atoms with Crippen LogP contribution in [0.5, 0.6) is 0 Å².